The number of hydrogen-bond donors (Lipinski definition) is 1. The molecule has 0 amide bonds. The number of hydrogen-bond acceptors (Lipinski definition) is 4. The van der Waals surface area contributed by atoms with Gasteiger partial charge in [-0.3, -0.25) is 0 Å². The summed E-state index contributed by atoms with van der Waals surface area (Å²) in [6.45, 7) is 5.27. The second kappa shape index (κ2) is 6.14. The Hall–Kier alpha value is -0.430. The first-order chi connectivity index (χ1) is 8.64. The monoisotopic (exact) mass is 288 g/mol. The van der Waals surface area contributed by atoms with Crippen molar-refractivity contribution in [2.45, 2.75) is 30.4 Å². The van der Waals surface area contributed by atoms with Gasteiger partial charge in [-0.25, -0.2) is 8.42 Å². The predicted molar refractivity (Wildman–Crippen MR) is 74.6 cm³/mol. The molecule has 6 heteroatoms. The maximum absolute atomic E-state index is 12.3. The maximum atomic E-state index is 12.3. The van der Waals surface area contributed by atoms with Gasteiger partial charge in [-0.05, 0) is 44.5 Å². The van der Waals surface area contributed by atoms with Crippen molar-refractivity contribution in [3.8, 4) is 0 Å². The topological polar surface area (TPSA) is 49.4 Å². The van der Waals surface area contributed by atoms with Crippen LogP contribution < -0.4 is 5.32 Å². The van der Waals surface area contributed by atoms with E-state index in [0.29, 0.717) is 17.3 Å². The SMILES string of the molecule is CCNCCc1ccc(S(=O)(=O)N2CCCC2)s1. The number of nitrogens with one attached hydrogen (secondary N) is 1. The molecule has 0 aromatic carbocycles. The van der Waals surface area contributed by atoms with E-state index in [0.717, 1.165) is 37.2 Å². The van der Waals surface area contributed by atoms with Crippen molar-refractivity contribution >= 4 is 21.4 Å². The first-order valence-electron chi connectivity index (χ1n) is 6.44. The van der Waals surface area contributed by atoms with E-state index in [2.05, 4.69) is 12.2 Å². The lowest BCUT2D eigenvalue weighted by Crippen LogP contribution is -2.27. The zero-order valence-electron chi connectivity index (χ0n) is 10.7. The minimum absolute atomic E-state index is 0.496. The van der Waals surface area contributed by atoms with Crippen LogP contribution in [0.15, 0.2) is 16.3 Å². The van der Waals surface area contributed by atoms with E-state index >= 15 is 0 Å². The molecule has 0 saturated carbocycles. The first-order valence-corrected chi connectivity index (χ1v) is 8.70. The zero-order chi connectivity index (χ0) is 13.0. The number of nitrogens with zero attached hydrogens (tertiary/aromatic N) is 1. The van der Waals surface area contributed by atoms with E-state index in [9.17, 15) is 8.42 Å². The van der Waals surface area contributed by atoms with Crippen LogP contribution in [0.25, 0.3) is 0 Å². The van der Waals surface area contributed by atoms with E-state index in [1.54, 1.807) is 10.4 Å². The van der Waals surface area contributed by atoms with Gasteiger partial charge in [0.05, 0.1) is 0 Å². The highest BCUT2D eigenvalue weighted by atomic mass is 32.2. The van der Waals surface area contributed by atoms with E-state index in [1.807, 2.05) is 6.07 Å². The number of thiophene rings is 1. The zero-order valence-corrected chi connectivity index (χ0v) is 12.3. The molecule has 0 unspecified atom stereocenters. The van der Waals surface area contributed by atoms with Gasteiger partial charge in [-0.15, -0.1) is 11.3 Å². The molecular formula is C12H20N2O2S2. The molecular weight excluding hydrogens is 268 g/mol. The second-order valence-corrected chi connectivity index (χ2v) is 7.77. The predicted octanol–water partition coefficient (Wildman–Crippen LogP) is 1.68. The van der Waals surface area contributed by atoms with Crippen molar-refractivity contribution in [3.05, 3.63) is 17.0 Å². The molecule has 102 valence electrons. The molecule has 0 atom stereocenters. The van der Waals surface area contributed by atoms with Crippen molar-refractivity contribution in [2.24, 2.45) is 0 Å². The van der Waals surface area contributed by atoms with Gasteiger partial charge in [-0.2, -0.15) is 4.31 Å². The Morgan fingerprint density at radius 3 is 2.72 bits per heavy atom. The molecule has 0 radical (unpaired) electrons. The smallest absolute Gasteiger partial charge is 0.252 e. The van der Waals surface area contributed by atoms with Gasteiger partial charge in [0, 0.05) is 18.0 Å². The van der Waals surface area contributed by atoms with Gasteiger partial charge < -0.3 is 5.32 Å². The number of likely N-dealkylation sites (N-methyl/N-ethyl adjacent to an activating group) is 1. The molecule has 4 nitrogen and oxygen atoms in total. The fourth-order valence-electron chi connectivity index (χ4n) is 2.08. The minimum atomic E-state index is -3.22. The maximum Gasteiger partial charge on any atom is 0.252 e. The highest BCUT2D eigenvalue weighted by molar-refractivity contribution is 7.91. The fourth-order valence-corrected chi connectivity index (χ4v) is 5.10. The Morgan fingerprint density at radius 2 is 2.06 bits per heavy atom. The summed E-state index contributed by atoms with van der Waals surface area (Å²) in [7, 11) is -3.22. The molecule has 1 fully saturated rings. The van der Waals surface area contributed by atoms with Gasteiger partial charge in [0.1, 0.15) is 4.21 Å². The summed E-state index contributed by atoms with van der Waals surface area (Å²) in [6.07, 6.45) is 2.86. The molecule has 1 aromatic rings. The third-order valence-electron chi connectivity index (χ3n) is 3.09. The summed E-state index contributed by atoms with van der Waals surface area (Å²) < 4.78 is 26.7. The van der Waals surface area contributed by atoms with Crippen LogP contribution in [0.4, 0.5) is 0 Å². The summed E-state index contributed by atoms with van der Waals surface area (Å²) in [5.74, 6) is 0. The van der Waals surface area contributed by atoms with Crippen molar-refractivity contribution in [1.82, 2.24) is 9.62 Å². The summed E-state index contributed by atoms with van der Waals surface area (Å²) in [4.78, 5) is 1.13. The highest BCUT2D eigenvalue weighted by Gasteiger charge is 2.28. The molecule has 18 heavy (non-hydrogen) atoms. The molecule has 2 heterocycles. The van der Waals surface area contributed by atoms with E-state index in [4.69, 9.17) is 0 Å². The Kier molecular flexibility index (Phi) is 4.77. The van der Waals surface area contributed by atoms with Crippen LogP contribution in [0, 0.1) is 0 Å². The Balaban J connectivity index is 2.04. The van der Waals surface area contributed by atoms with Crippen LogP contribution in [0.1, 0.15) is 24.6 Å². The van der Waals surface area contributed by atoms with Crippen LogP contribution in [0.5, 0.6) is 0 Å². The normalized spacial score (nSPS) is 17.4. The lowest BCUT2D eigenvalue weighted by Gasteiger charge is -2.13. The Morgan fingerprint density at radius 1 is 1.33 bits per heavy atom. The molecule has 1 N–H and O–H groups in total. The van der Waals surface area contributed by atoms with E-state index in [1.165, 1.54) is 11.3 Å². The van der Waals surface area contributed by atoms with Crippen LogP contribution in [-0.2, 0) is 16.4 Å². The van der Waals surface area contributed by atoms with Crippen molar-refractivity contribution < 1.29 is 8.42 Å². The van der Waals surface area contributed by atoms with Crippen LogP contribution in [-0.4, -0.2) is 38.9 Å². The highest BCUT2D eigenvalue weighted by Crippen LogP contribution is 2.27. The number of rotatable bonds is 6. The fraction of sp³-hybridized carbons (Fsp3) is 0.667. The Labute approximate surface area is 113 Å². The van der Waals surface area contributed by atoms with E-state index in [-0.39, 0.29) is 0 Å². The van der Waals surface area contributed by atoms with E-state index < -0.39 is 10.0 Å². The molecule has 0 aliphatic carbocycles. The Bertz CT molecular complexity index is 476. The van der Waals surface area contributed by atoms with Crippen molar-refractivity contribution in [1.29, 1.82) is 0 Å². The second-order valence-electron chi connectivity index (χ2n) is 4.44. The average molecular weight is 288 g/mol. The molecule has 1 aliphatic rings. The summed E-state index contributed by atoms with van der Waals surface area (Å²) in [6, 6.07) is 3.69. The molecule has 1 aliphatic heterocycles. The third kappa shape index (κ3) is 3.12. The molecule has 0 spiro atoms. The van der Waals surface area contributed by atoms with Gasteiger partial charge in [0.15, 0.2) is 0 Å². The average Bonchev–Trinajstić information content (AvgIpc) is 3.01. The minimum Gasteiger partial charge on any atom is -0.317 e. The number of sulfonamides is 1. The quantitative estimate of drug-likeness (QED) is 0.810. The third-order valence-corrected chi connectivity index (χ3v) is 6.61. The summed E-state index contributed by atoms with van der Waals surface area (Å²) >= 11 is 1.41. The molecule has 1 aromatic heterocycles. The van der Waals surface area contributed by atoms with Crippen LogP contribution in [0.2, 0.25) is 0 Å². The lowest BCUT2D eigenvalue weighted by molar-refractivity contribution is 0.479. The van der Waals surface area contributed by atoms with Crippen molar-refractivity contribution in [3.63, 3.8) is 0 Å². The first kappa shape index (κ1) is 14.0. The standard InChI is InChI=1S/C12H20N2O2S2/c1-2-13-8-7-11-5-6-12(17-11)18(15,16)14-9-3-4-10-14/h5-6,13H,2-4,7-10H2,1H3. The van der Waals surface area contributed by atoms with Gasteiger partial charge in [-0.1, -0.05) is 6.92 Å². The molecule has 0 bridgehead atoms. The largest absolute Gasteiger partial charge is 0.317 e. The summed E-state index contributed by atoms with van der Waals surface area (Å²) in [5.41, 5.74) is 0. The van der Waals surface area contributed by atoms with Gasteiger partial charge in [0.25, 0.3) is 10.0 Å². The molecule has 1 saturated heterocycles. The van der Waals surface area contributed by atoms with Crippen LogP contribution >= 0.6 is 11.3 Å². The lowest BCUT2D eigenvalue weighted by atomic mass is 10.3. The van der Waals surface area contributed by atoms with Gasteiger partial charge in [0.2, 0.25) is 0 Å². The van der Waals surface area contributed by atoms with Gasteiger partial charge >= 0.3 is 0 Å². The molecule has 2 rings (SSSR count). The van der Waals surface area contributed by atoms with Crippen LogP contribution in [0.3, 0.4) is 0 Å². The summed E-state index contributed by atoms with van der Waals surface area (Å²) in [5, 5.41) is 3.25. The van der Waals surface area contributed by atoms with Crippen molar-refractivity contribution in [2.75, 3.05) is 26.2 Å².